The molecular weight excluding hydrogens is 314 g/mol. The van der Waals surface area contributed by atoms with Crippen LogP contribution in [0.15, 0.2) is 23.1 Å². The van der Waals surface area contributed by atoms with E-state index in [0.29, 0.717) is 18.7 Å². The number of likely N-dealkylation sites (tertiary alicyclic amines) is 1. The van der Waals surface area contributed by atoms with Gasteiger partial charge in [-0.05, 0) is 56.5 Å². The quantitative estimate of drug-likeness (QED) is 0.812. The van der Waals surface area contributed by atoms with Crippen molar-refractivity contribution in [1.82, 2.24) is 9.62 Å². The van der Waals surface area contributed by atoms with Gasteiger partial charge < -0.3 is 10.6 Å². The summed E-state index contributed by atoms with van der Waals surface area (Å²) in [7, 11) is -3.63. The highest BCUT2D eigenvalue weighted by atomic mass is 32.2. The second-order valence-corrected chi connectivity index (χ2v) is 8.03. The smallest absolute Gasteiger partial charge is 0.249 e. The molecule has 0 aromatic heterocycles. The molecule has 1 aromatic rings. The van der Waals surface area contributed by atoms with Crippen molar-refractivity contribution >= 4 is 15.9 Å². The predicted octanol–water partition coefficient (Wildman–Crippen LogP) is 1.10. The molecule has 1 aliphatic rings. The lowest BCUT2D eigenvalue weighted by Crippen LogP contribution is -2.39. The summed E-state index contributed by atoms with van der Waals surface area (Å²) in [6, 6.07) is 4.43. The number of aryl methyl sites for hydroxylation is 1. The summed E-state index contributed by atoms with van der Waals surface area (Å²) in [6.07, 6.45) is 2.32. The monoisotopic (exact) mass is 339 g/mol. The predicted molar refractivity (Wildman–Crippen MR) is 89.7 cm³/mol. The van der Waals surface area contributed by atoms with Crippen molar-refractivity contribution in [1.29, 1.82) is 0 Å². The van der Waals surface area contributed by atoms with E-state index in [1.54, 1.807) is 13.0 Å². The summed E-state index contributed by atoms with van der Waals surface area (Å²) in [6.45, 7) is 7.05. The third-order valence-electron chi connectivity index (χ3n) is 4.38. The Labute approximate surface area is 138 Å². The molecule has 1 aromatic carbocycles. The van der Waals surface area contributed by atoms with E-state index in [0.717, 1.165) is 31.8 Å². The first kappa shape index (κ1) is 17.9. The zero-order chi connectivity index (χ0) is 17.0. The Morgan fingerprint density at radius 3 is 2.61 bits per heavy atom. The van der Waals surface area contributed by atoms with Crippen LogP contribution in [-0.2, 0) is 10.0 Å². The van der Waals surface area contributed by atoms with Gasteiger partial charge in [-0.3, -0.25) is 4.79 Å². The van der Waals surface area contributed by atoms with Crippen molar-refractivity contribution in [3.05, 3.63) is 29.3 Å². The van der Waals surface area contributed by atoms with E-state index in [2.05, 4.69) is 16.5 Å². The number of carbonyl (C=O) groups is 1. The highest BCUT2D eigenvalue weighted by Gasteiger charge is 2.19. The molecular formula is C16H25N3O3S. The maximum Gasteiger partial charge on any atom is 0.249 e. The number of nitrogens with two attached hydrogens (primary N) is 1. The second-order valence-electron chi connectivity index (χ2n) is 6.26. The molecule has 1 saturated heterocycles. The number of nitrogens with zero attached hydrogens (tertiary/aromatic N) is 1. The van der Waals surface area contributed by atoms with Gasteiger partial charge in [0.2, 0.25) is 15.9 Å². The van der Waals surface area contributed by atoms with Crippen LogP contribution in [0.4, 0.5) is 0 Å². The lowest BCUT2D eigenvalue weighted by atomic mass is 9.99. The topological polar surface area (TPSA) is 92.5 Å². The van der Waals surface area contributed by atoms with Crippen LogP contribution in [0.25, 0.3) is 0 Å². The minimum atomic E-state index is -3.63. The molecule has 128 valence electrons. The van der Waals surface area contributed by atoms with Crippen LogP contribution in [0.5, 0.6) is 0 Å². The van der Waals surface area contributed by atoms with Crippen LogP contribution in [0.1, 0.15) is 35.7 Å². The molecule has 6 nitrogen and oxygen atoms in total. The average Bonchev–Trinajstić information content (AvgIpc) is 2.49. The van der Waals surface area contributed by atoms with Gasteiger partial charge >= 0.3 is 0 Å². The van der Waals surface area contributed by atoms with E-state index in [9.17, 15) is 13.2 Å². The second kappa shape index (κ2) is 7.42. The maximum atomic E-state index is 12.3. The third kappa shape index (κ3) is 4.76. The molecule has 0 saturated carbocycles. The molecule has 7 heteroatoms. The SMILES string of the molecule is Cc1ccc(S(=O)(=O)NCCN2CCC(C)CC2)cc1C(N)=O. The molecule has 1 fully saturated rings. The van der Waals surface area contributed by atoms with Crippen LogP contribution in [-0.4, -0.2) is 45.4 Å². The Balaban J connectivity index is 1.96. The van der Waals surface area contributed by atoms with Gasteiger partial charge in [-0.1, -0.05) is 13.0 Å². The minimum Gasteiger partial charge on any atom is -0.366 e. The van der Waals surface area contributed by atoms with Crippen molar-refractivity contribution < 1.29 is 13.2 Å². The first-order valence-corrected chi connectivity index (χ1v) is 9.40. The van der Waals surface area contributed by atoms with E-state index in [4.69, 9.17) is 5.73 Å². The lowest BCUT2D eigenvalue weighted by Gasteiger charge is -2.30. The molecule has 0 spiro atoms. The third-order valence-corrected chi connectivity index (χ3v) is 5.84. The lowest BCUT2D eigenvalue weighted by molar-refractivity contribution is 0.0999. The Morgan fingerprint density at radius 1 is 1.35 bits per heavy atom. The van der Waals surface area contributed by atoms with Crippen molar-refractivity contribution in [3.63, 3.8) is 0 Å². The maximum absolute atomic E-state index is 12.3. The molecule has 1 aliphatic heterocycles. The van der Waals surface area contributed by atoms with E-state index in [1.165, 1.54) is 12.1 Å². The van der Waals surface area contributed by atoms with E-state index in [-0.39, 0.29) is 10.5 Å². The molecule has 0 radical (unpaired) electrons. The van der Waals surface area contributed by atoms with E-state index < -0.39 is 15.9 Å². The Hall–Kier alpha value is -1.44. The van der Waals surface area contributed by atoms with Crippen LogP contribution >= 0.6 is 0 Å². The normalized spacial score (nSPS) is 17.3. The summed E-state index contributed by atoms with van der Waals surface area (Å²) in [5.74, 6) is 0.129. The van der Waals surface area contributed by atoms with Gasteiger partial charge in [-0.2, -0.15) is 0 Å². The molecule has 0 unspecified atom stereocenters. The Morgan fingerprint density at radius 2 is 2.00 bits per heavy atom. The van der Waals surface area contributed by atoms with Gasteiger partial charge in [0, 0.05) is 18.7 Å². The van der Waals surface area contributed by atoms with Crippen LogP contribution in [0.3, 0.4) is 0 Å². The Kier molecular flexibility index (Phi) is 5.78. The average molecular weight is 339 g/mol. The molecule has 0 atom stereocenters. The largest absolute Gasteiger partial charge is 0.366 e. The number of hydrogen-bond donors (Lipinski definition) is 2. The number of sulfonamides is 1. The van der Waals surface area contributed by atoms with Gasteiger partial charge in [0.1, 0.15) is 0 Å². The molecule has 3 N–H and O–H groups in total. The van der Waals surface area contributed by atoms with Gasteiger partial charge in [-0.15, -0.1) is 0 Å². The molecule has 0 aliphatic carbocycles. The number of benzene rings is 1. The fourth-order valence-corrected chi connectivity index (χ4v) is 3.79. The molecule has 0 bridgehead atoms. The standard InChI is InChI=1S/C16H25N3O3S/c1-12-5-8-19(9-6-12)10-7-18-23(21,22)14-4-3-13(2)15(11-14)16(17)20/h3-4,11-12,18H,5-10H2,1-2H3,(H2,17,20). The van der Waals surface area contributed by atoms with E-state index >= 15 is 0 Å². The summed E-state index contributed by atoms with van der Waals surface area (Å²) in [5, 5.41) is 0. The summed E-state index contributed by atoms with van der Waals surface area (Å²) in [4.78, 5) is 13.7. The zero-order valence-corrected chi connectivity index (χ0v) is 14.5. The number of primary amides is 1. The van der Waals surface area contributed by atoms with Crippen LogP contribution < -0.4 is 10.5 Å². The number of nitrogens with one attached hydrogen (secondary N) is 1. The van der Waals surface area contributed by atoms with Crippen LogP contribution in [0, 0.1) is 12.8 Å². The van der Waals surface area contributed by atoms with E-state index in [1.807, 2.05) is 0 Å². The van der Waals surface area contributed by atoms with Gasteiger partial charge in [0.15, 0.2) is 0 Å². The minimum absolute atomic E-state index is 0.0733. The number of amides is 1. The molecule has 1 heterocycles. The first-order valence-electron chi connectivity index (χ1n) is 7.92. The fourth-order valence-electron chi connectivity index (χ4n) is 2.74. The zero-order valence-electron chi connectivity index (χ0n) is 13.7. The van der Waals surface area contributed by atoms with Gasteiger partial charge in [-0.25, -0.2) is 13.1 Å². The molecule has 2 rings (SSSR count). The van der Waals surface area contributed by atoms with Crippen molar-refractivity contribution in [2.45, 2.75) is 31.6 Å². The van der Waals surface area contributed by atoms with Crippen LogP contribution in [0.2, 0.25) is 0 Å². The number of carbonyl (C=O) groups excluding carboxylic acids is 1. The van der Waals surface area contributed by atoms with Crippen molar-refractivity contribution in [2.75, 3.05) is 26.2 Å². The van der Waals surface area contributed by atoms with Crippen molar-refractivity contribution in [3.8, 4) is 0 Å². The number of hydrogen-bond acceptors (Lipinski definition) is 4. The van der Waals surface area contributed by atoms with Gasteiger partial charge in [0.25, 0.3) is 0 Å². The summed E-state index contributed by atoms with van der Waals surface area (Å²) >= 11 is 0. The number of piperidine rings is 1. The van der Waals surface area contributed by atoms with Gasteiger partial charge in [0.05, 0.1) is 4.90 Å². The summed E-state index contributed by atoms with van der Waals surface area (Å²) in [5.41, 5.74) is 6.17. The molecule has 1 amide bonds. The molecule has 23 heavy (non-hydrogen) atoms. The fraction of sp³-hybridized carbons (Fsp3) is 0.562. The highest BCUT2D eigenvalue weighted by Crippen LogP contribution is 2.16. The summed E-state index contributed by atoms with van der Waals surface area (Å²) < 4.78 is 27.3. The highest BCUT2D eigenvalue weighted by molar-refractivity contribution is 7.89. The van der Waals surface area contributed by atoms with Crippen molar-refractivity contribution in [2.24, 2.45) is 11.7 Å². The Bertz CT molecular complexity index is 665. The first-order chi connectivity index (χ1) is 10.8. The number of rotatable bonds is 6.